The van der Waals surface area contributed by atoms with E-state index >= 15 is 0 Å². The summed E-state index contributed by atoms with van der Waals surface area (Å²) in [6, 6.07) is 8.41. The normalized spacial score (nSPS) is 19.9. The summed E-state index contributed by atoms with van der Waals surface area (Å²) in [5.74, 6) is -0.613. The van der Waals surface area contributed by atoms with Crippen molar-refractivity contribution in [3.05, 3.63) is 29.8 Å². The first-order valence-corrected chi connectivity index (χ1v) is 7.35. The number of hydrogen-bond donors (Lipinski definition) is 2. The van der Waals surface area contributed by atoms with Gasteiger partial charge in [-0.15, -0.1) is 0 Å². The maximum absolute atomic E-state index is 12.3. The van der Waals surface area contributed by atoms with Gasteiger partial charge in [-0.3, -0.25) is 14.5 Å². The monoisotopic (exact) mass is 300 g/mol. The Labute approximate surface area is 129 Å². The number of nitriles is 1. The molecular formula is C16H20N4O2. The number of carbonyl (C=O) groups is 2. The van der Waals surface area contributed by atoms with Crippen LogP contribution in [0.2, 0.25) is 0 Å². The van der Waals surface area contributed by atoms with Crippen molar-refractivity contribution in [2.45, 2.75) is 25.8 Å². The lowest BCUT2D eigenvalue weighted by Gasteiger charge is -2.34. The first-order valence-electron chi connectivity index (χ1n) is 7.35. The largest absolute Gasteiger partial charge is 0.369 e. The van der Waals surface area contributed by atoms with Gasteiger partial charge in [0.1, 0.15) is 0 Å². The zero-order chi connectivity index (χ0) is 16.1. The first kappa shape index (κ1) is 16.0. The predicted molar refractivity (Wildman–Crippen MR) is 82.7 cm³/mol. The number of nitrogens with two attached hydrogens (primary N) is 1. The van der Waals surface area contributed by atoms with Crippen LogP contribution in [0.15, 0.2) is 24.3 Å². The van der Waals surface area contributed by atoms with Gasteiger partial charge in [0, 0.05) is 12.2 Å². The van der Waals surface area contributed by atoms with Crippen molar-refractivity contribution in [1.82, 2.24) is 4.90 Å². The molecule has 3 N–H and O–H groups in total. The average molecular weight is 300 g/mol. The number of anilines is 1. The van der Waals surface area contributed by atoms with Gasteiger partial charge in [0.2, 0.25) is 11.8 Å². The molecule has 1 aliphatic heterocycles. The summed E-state index contributed by atoms with van der Waals surface area (Å²) in [4.78, 5) is 25.6. The van der Waals surface area contributed by atoms with Crippen molar-refractivity contribution in [3.63, 3.8) is 0 Å². The lowest BCUT2D eigenvalue weighted by atomic mass is 9.96. The van der Waals surface area contributed by atoms with Gasteiger partial charge in [-0.05, 0) is 50.6 Å². The summed E-state index contributed by atoms with van der Waals surface area (Å²) in [6.07, 6.45) is 1.65. The van der Waals surface area contributed by atoms with Gasteiger partial charge in [-0.25, -0.2) is 0 Å². The maximum Gasteiger partial charge on any atom is 0.241 e. The van der Waals surface area contributed by atoms with Crippen LogP contribution in [0.5, 0.6) is 0 Å². The summed E-state index contributed by atoms with van der Waals surface area (Å²) in [5, 5.41) is 11.6. The second kappa shape index (κ2) is 7.05. The Balaban J connectivity index is 1.96. The summed E-state index contributed by atoms with van der Waals surface area (Å²) in [5.41, 5.74) is 6.56. The number of nitrogens with zero attached hydrogens (tertiary/aromatic N) is 2. The molecule has 2 atom stereocenters. The molecule has 2 unspecified atom stereocenters. The molecule has 2 amide bonds. The average Bonchev–Trinajstić information content (AvgIpc) is 2.54. The van der Waals surface area contributed by atoms with Crippen LogP contribution in [0.3, 0.4) is 0 Å². The number of piperidine rings is 1. The highest BCUT2D eigenvalue weighted by atomic mass is 16.2. The molecule has 6 nitrogen and oxygen atoms in total. The fourth-order valence-electron chi connectivity index (χ4n) is 2.63. The molecule has 0 spiro atoms. The maximum atomic E-state index is 12.3. The van der Waals surface area contributed by atoms with Crippen molar-refractivity contribution in [2.24, 2.45) is 11.7 Å². The van der Waals surface area contributed by atoms with Crippen LogP contribution < -0.4 is 11.1 Å². The molecule has 0 aromatic heterocycles. The number of benzene rings is 1. The van der Waals surface area contributed by atoms with Crippen molar-refractivity contribution in [1.29, 1.82) is 5.26 Å². The molecule has 1 aromatic rings. The van der Waals surface area contributed by atoms with E-state index in [1.165, 1.54) is 0 Å². The highest BCUT2D eigenvalue weighted by Gasteiger charge is 2.29. The molecule has 116 valence electrons. The number of amides is 2. The Morgan fingerprint density at radius 2 is 2.09 bits per heavy atom. The summed E-state index contributed by atoms with van der Waals surface area (Å²) in [6.45, 7) is 3.13. The molecule has 1 heterocycles. The smallest absolute Gasteiger partial charge is 0.241 e. The topological polar surface area (TPSA) is 99.2 Å². The number of hydrogen-bond acceptors (Lipinski definition) is 4. The highest BCUT2D eigenvalue weighted by molar-refractivity contribution is 5.94. The second-order valence-corrected chi connectivity index (χ2v) is 5.59. The zero-order valence-electron chi connectivity index (χ0n) is 12.6. The lowest BCUT2D eigenvalue weighted by Crippen LogP contribution is -2.49. The second-order valence-electron chi connectivity index (χ2n) is 5.59. The van der Waals surface area contributed by atoms with E-state index in [9.17, 15) is 9.59 Å². The Morgan fingerprint density at radius 3 is 2.68 bits per heavy atom. The fourth-order valence-corrected chi connectivity index (χ4v) is 2.63. The fraction of sp³-hybridized carbons (Fsp3) is 0.438. The van der Waals surface area contributed by atoms with E-state index in [1.54, 1.807) is 24.3 Å². The van der Waals surface area contributed by atoms with E-state index in [2.05, 4.69) is 5.32 Å². The third kappa shape index (κ3) is 3.83. The minimum absolute atomic E-state index is 0.130. The van der Waals surface area contributed by atoms with Gasteiger partial charge < -0.3 is 11.1 Å². The van der Waals surface area contributed by atoms with Gasteiger partial charge in [0.05, 0.1) is 23.6 Å². The van der Waals surface area contributed by atoms with Gasteiger partial charge >= 0.3 is 0 Å². The van der Waals surface area contributed by atoms with Gasteiger partial charge in [-0.1, -0.05) is 0 Å². The van der Waals surface area contributed by atoms with Crippen LogP contribution in [0.4, 0.5) is 5.69 Å². The standard InChI is InChI=1S/C16H20N4O2/c1-11(20-8-2-3-13(10-20)15(18)21)16(22)19-14-6-4-12(9-17)5-7-14/h4-7,11,13H,2-3,8,10H2,1H3,(H2,18,21)(H,19,22). The molecule has 0 aliphatic carbocycles. The Bertz CT molecular complexity index is 591. The Kier molecular flexibility index (Phi) is 5.12. The number of nitrogens with one attached hydrogen (secondary N) is 1. The molecule has 22 heavy (non-hydrogen) atoms. The van der Waals surface area contributed by atoms with Crippen LogP contribution in [0.1, 0.15) is 25.3 Å². The minimum atomic E-state index is -0.335. The van der Waals surface area contributed by atoms with E-state index in [4.69, 9.17) is 11.0 Å². The first-order chi connectivity index (χ1) is 10.5. The van der Waals surface area contributed by atoms with E-state index in [0.29, 0.717) is 17.8 Å². The van der Waals surface area contributed by atoms with Crippen molar-refractivity contribution >= 4 is 17.5 Å². The minimum Gasteiger partial charge on any atom is -0.369 e. The molecule has 1 aliphatic rings. The molecule has 6 heteroatoms. The van der Waals surface area contributed by atoms with Gasteiger partial charge in [-0.2, -0.15) is 5.26 Å². The predicted octanol–water partition coefficient (Wildman–Crippen LogP) is 1.08. The summed E-state index contributed by atoms with van der Waals surface area (Å²) >= 11 is 0. The summed E-state index contributed by atoms with van der Waals surface area (Å²) < 4.78 is 0. The molecule has 0 saturated carbocycles. The van der Waals surface area contributed by atoms with Crippen LogP contribution in [0.25, 0.3) is 0 Å². The van der Waals surface area contributed by atoms with Crippen LogP contribution >= 0.6 is 0 Å². The molecule has 2 rings (SSSR count). The number of carbonyl (C=O) groups excluding carboxylic acids is 2. The van der Waals surface area contributed by atoms with Crippen LogP contribution in [-0.2, 0) is 9.59 Å². The molecule has 1 fully saturated rings. The SMILES string of the molecule is CC(C(=O)Nc1ccc(C#N)cc1)N1CCCC(C(N)=O)C1. The van der Waals surface area contributed by atoms with Gasteiger partial charge in [0.25, 0.3) is 0 Å². The van der Waals surface area contributed by atoms with E-state index in [0.717, 1.165) is 19.4 Å². The van der Waals surface area contributed by atoms with Crippen molar-refractivity contribution in [2.75, 3.05) is 18.4 Å². The lowest BCUT2D eigenvalue weighted by molar-refractivity contribution is -0.127. The molecule has 0 bridgehead atoms. The number of primary amides is 1. The number of rotatable bonds is 4. The third-order valence-corrected chi connectivity index (χ3v) is 4.06. The van der Waals surface area contributed by atoms with Crippen molar-refractivity contribution in [3.8, 4) is 6.07 Å². The van der Waals surface area contributed by atoms with E-state index < -0.39 is 0 Å². The Hall–Kier alpha value is -2.39. The van der Waals surface area contributed by atoms with E-state index in [1.807, 2.05) is 17.9 Å². The molecule has 1 aromatic carbocycles. The third-order valence-electron chi connectivity index (χ3n) is 4.06. The van der Waals surface area contributed by atoms with Crippen LogP contribution in [0, 0.1) is 17.2 Å². The summed E-state index contributed by atoms with van der Waals surface area (Å²) in [7, 11) is 0. The van der Waals surface area contributed by atoms with Gasteiger partial charge in [0.15, 0.2) is 0 Å². The highest BCUT2D eigenvalue weighted by Crippen LogP contribution is 2.19. The molecule has 1 saturated heterocycles. The Morgan fingerprint density at radius 1 is 1.41 bits per heavy atom. The number of likely N-dealkylation sites (tertiary alicyclic amines) is 1. The molecule has 0 radical (unpaired) electrons. The molecular weight excluding hydrogens is 280 g/mol. The zero-order valence-corrected chi connectivity index (χ0v) is 12.6. The van der Waals surface area contributed by atoms with Crippen LogP contribution in [-0.4, -0.2) is 35.8 Å². The van der Waals surface area contributed by atoms with Crippen molar-refractivity contribution < 1.29 is 9.59 Å². The quantitative estimate of drug-likeness (QED) is 0.869. The van der Waals surface area contributed by atoms with E-state index in [-0.39, 0.29) is 23.8 Å².